The summed E-state index contributed by atoms with van der Waals surface area (Å²) in [5.74, 6) is 0. The summed E-state index contributed by atoms with van der Waals surface area (Å²) in [4.78, 5) is 10.7. The molecular weight excluding hydrogens is 444 g/mol. The third-order valence-electron chi connectivity index (χ3n) is 5.62. The van der Waals surface area contributed by atoms with Crippen LogP contribution in [0.5, 0.6) is 0 Å². The number of hydrogen-bond donors (Lipinski definition) is 0. The van der Waals surface area contributed by atoms with Crippen LogP contribution in [0.25, 0.3) is 47.9 Å². The number of nitriles is 3. The number of nitrogens with zero attached hydrogens (tertiary/aromatic N) is 6. The SMILES string of the molecule is [C-]#[N+]c1cccc(-c2c(C#N)c(-c3cccc(C#N)c3)c(C#N)c(-c3cccc([N+]#[C-])c3)c2[N+]#[C-])c1. The minimum absolute atomic E-state index is 0.0764. The standard InChI is InChI=1S/C30H12N6/c1-34-23-11-5-9-21(14-23)28-25(17-32)27(20-8-4-7-19(13-20)16-31)26(18-33)29(30(28)36-3)22-10-6-12-24(15-22)35-2/h4-15H. The summed E-state index contributed by atoms with van der Waals surface area (Å²) < 4.78 is 0. The number of rotatable bonds is 3. The van der Waals surface area contributed by atoms with E-state index in [0.29, 0.717) is 33.6 Å². The van der Waals surface area contributed by atoms with Crippen molar-refractivity contribution in [3.63, 3.8) is 0 Å². The lowest BCUT2D eigenvalue weighted by molar-refractivity contribution is 1.43. The summed E-state index contributed by atoms with van der Waals surface area (Å²) in [6.45, 7) is 22.9. The average molecular weight is 456 g/mol. The van der Waals surface area contributed by atoms with Gasteiger partial charge in [-0.15, -0.1) is 0 Å². The van der Waals surface area contributed by atoms with Crippen LogP contribution in [0, 0.1) is 53.7 Å². The van der Waals surface area contributed by atoms with E-state index in [9.17, 15) is 15.8 Å². The Hall–Kier alpha value is -6.18. The predicted molar refractivity (Wildman–Crippen MR) is 136 cm³/mol. The Bertz CT molecular complexity index is 1570. The second-order valence-corrected chi connectivity index (χ2v) is 7.58. The normalized spacial score (nSPS) is 9.50. The van der Waals surface area contributed by atoms with Crippen LogP contribution in [0.2, 0.25) is 0 Å². The average Bonchev–Trinajstić information content (AvgIpc) is 2.95. The minimum atomic E-state index is 0.0764. The molecule has 6 heteroatoms. The molecule has 0 aliphatic carbocycles. The van der Waals surface area contributed by atoms with E-state index in [-0.39, 0.29) is 33.5 Å². The van der Waals surface area contributed by atoms with Gasteiger partial charge in [0.2, 0.25) is 5.69 Å². The molecule has 0 unspecified atom stereocenters. The van der Waals surface area contributed by atoms with Gasteiger partial charge >= 0.3 is 0 Å². The topological polar surface area (TPSA) is 84.4 Å². The molecule has 0 aliphatic rings. The van der Waals surface area contributed by atoms with E-state index >= 15 is 0 Å². The highest BCUT2D eigenvalue weighted by molar-refractivity contribution is 6.03. The molecule has 6 nitrogen and oxygen atoms in total. The quantitative estimate of drug-likeness (QED) is 0.293. The summed E-state index contributed by atoms with van der Waals surface area (Å²) in [5, 5.41) is 30.1. The first-order chi connectivity index (χ1) is 17.6. The summed E-state index contributed by atoms with van der Waals surface area (Å²) in [6.07, 6.45) is 0. The zero-order chi connectivity index (χ0) is 25.7. The molecule has 0 fully saturated rings. The first-order valence-corrected chi connectivity index (χ1v) is 10.5. The van der Waals surface area contributed by atoms with E-state index in [1.807, 2.05) is 0 Å². The fourth-order valence-corrected chi connectivity index (χ4v) is 4.13. The van der Waals surface area contributed by atoms with Crippen molar-refractivity contribution in [2.45, 2.75) is 0 Å². The largest absolute Gasteiger partial charge is 0.238 e. The van der Waals surface area contributed by atoms with E-state index in [1.54, 1.807) is 72.8 Å². The molecule has 0 radical (unpaired) electrons. The van der Waals surface area contributed by atoms with Gasteiger partial charge in [0.15, 0.2) is 11.4 Å². The lowest BCUT2D eigenvalue weighted by Crippen LogP contribution is -1.99. The molecule has 0 bridgehead atoms. The van der Waals surface area contributed by atoms with Gasteiger partial charge < -0.3 is 0 Å². The number of benzene rings is 4. The maximum Gasteiger partial charge on any atom is 0.205 e. The van der Waals surface area contributed by atoms with Crippen molar-refractivity contribution in [2.24, 2.45) is 0 Å². The van der Waals surface area contributed by atoms with Gasteiger partial charge in [0.25, 0.3) is 0 Å². The van der Waals surface area contributed by atoms with Crippen molar-refractivity contribution in [3.8, 4) is 51.6 Å². The fraction of sp³-hybridized carbons (Fsp3) is 0. The van der Waals surface area contributed by atoms with Crippen LogP contribution in [0.3, 0.4) is 0 Å². The van der Waals surface area contributed by atoms with Crippen molar-refractivity contribution in [1.82, 2.24) is 0 Å². The van der Waals surface area contributed by atoms with Gasteiger partial charge in [-0.1, -0.05) is 48.5 Å². The lowest BCUT2D eigenvalue weighted by Gasteiger charge is -2.20. The Morgan fingerprint density at radius 1 is 0.528 bits per heavy atom. The Labute approximate surface area is 208 Å². The van der Waals surface area contributed by atoms with Crippen molar-refractivity contribution in [1.29, 1.82) is 15.8 Å². The number of hydrogen-bond acceptors (Lipinski definition) is 3. The van der Waals surface area contributed by atoms with E-state index < -0.39 is 0 Å². The Balaban J connectivity index is 2.29. The van der Waals surface area contributed by atoms with Crippen molar-refractivity contribution in [2.75, 3.05) is 0 Å². The van der Waals surface area contributed by atoms with Gasteiger partial charge in [0, 0.05) is 16.7 Å². The van der Waals surface area contributed by atoms with Gasteiger partial charge in [-0.3, -0.25) is 0 Å². The molecule has 0 saturated heterocycles. The lowest BCUT2D eigenvalue weighted by atomic mass is 9.82. The summed E-state index contributed by atoms with van der Waals surface area (Å²) in [5.41, 5.74) is 3.60. The summed E-state index contributed by atoms with van der Waals surface area (Å²) >= 11 is 0. The molecule has 4 aromatic rings. The molecule has 162 valence electrons. The third kappa shape index (κ3) is 3.88. The molecule has 0 amide bonds. The van der Waals surface area contributed by atoms with E-state index in [1.165, 1.54) is 0 Å². The van der Waals surface area contributed by atoms with Crippen LogP contribution in [-0.4, -0.2) is 0 Å². The molecule has 0 aliphatic heterocycles. The third-order valence-corrected chi connectivity index (χ3v) is 5.62. The van der Waals surface area contributed by atoms with Crippen LogP contribution in [0.4, 0.5) is 17.1 Å². The van der Waals surface area contributed by atoms with Crippen LogP contribution in [-0.2, 0) is 0 Å². The molecule has 0 spiro atoms. The maximum absolute atomic E-state index is 10.3. The maximum atomic E-state index is 10.3. The molecule has 0 atom stereocenters. The molecule has 0 saturated carbocycles. The first-order valence-electron chi connectivity index (χ1n) is 10.5. The van der Waals surface area contributed by atoms with Crippen LogP contribution in [0.1, 0.15) is 16.7 Å². The van der Waals surface area contributed by atoms with E-state index in [2.05, 4.69) is 32.7 Å². The Kier molecular flexibility index (Phi) is 6.23. The van der Waals surface area contributed by atoms with E-state index in [4.69, 9.17) is 19.7 Å². The molecular formula is C30H12N6. The molecule has 0 N–H and O–H groups in total. The van der Waals surface area contributed by atoms with E-state index in [0.717, 1.165) is 0 Å². The van der Waals surface area contributed by atoms with Gasteiger partial charge in [-0.25, -0.2) is 14.5 Å². The fourth-order valence-electron chi connectivity index (χ4n) is 4.13. The zero-order valence-corrected chi connectivity index (χ0v) is 18.6. The van der Waals surface area contributed by atoms with Crippen molar-refractivity contribution >= 4 is 17.1 Å². The summed E-state index contributed by atoms with van der Waals surface area (Å²) in [6, 6.07) is 26.2. The van der Waals surface area contributed by atoms with Gasteiger partial charge in [-0.2, -0.15) is 15.8 Å². The Morgan fingerprint density at radius 3 is 1.42 bits per heavy atom. The highest BCUT2D eigenvalue weighted by Gasteiger charge is 2.27. The van der Waals surface area contributed by atoms with Crippen LogP contribution < -0.4 is 0 Å². The van der Waals surface area contributed by atoms with Crippen molar-refractivity contribution in [3.05, 3.63) is 124 Å². The highest BCUT2D eigenvalue weighted by Crippen LogP contribution is 2.49. The predicted octanol–water partition coefficient (Wildman–Crippen LogP) is 7.96. The highest BCUT2D eigenvalue weighted by atomic mass is 14.7. The van der Waals surface area contributed by atoms with Crippen molar-refractivity contribution < 1.29 is 0 Å². The zero-order valence-electron chi connectivity index (χ0n) is 18.6. The van der Waals surface area contributed by atoms with Crippen LogP contribution >= 0.6 is 0 Å². The van der Waals surface area contributed by atoms with Gasteiger partial charge in [-0.05, 0) is 41.0 Å². The smallest absolute Gasteiger partial charge is 0.205 e. The second-order valence-electron chi connectivity index (χ2n) is 7.58. The molecule has 0 aromatic heterocycles. The first kappa shape index (κ1) is 23.0. The minimum Gasteiger partial charge on any atom is -0.238 e. The molecule has 4 aromatic carbocycles. The second kappa shape index (κ2) is 9.75. The van der Waals surface area contributed by atoms with Gasteiger partial charge in [0.05, 0.1) is 54.6 Å². The summed E-state index contributed by atoms with van der Waals surface area (Å²) in [7, 11) is 0. The monoisotopic (exact) mass is 456 g/mol. The Morgan fingerprint density at radius 2 is 1.00 bits per heavy atom. The van der Waals surface area contributed by atoms with Crippen LogP contribution in [0.15, 0.2) is 72.8 Å². The molecule has 4 rings (SSSR count). The molecule has 36 heavy (non-hydrogen) atoms. The molecule has 0 heterocycles. The van der Waals surface area contributed by atoms with Gasteiger partial charge in [0.1, 0.15) is 0 Å².